The molecule has 0 spiro atoms. The largest absolute Gasteiger partial charge is 0.369 e. The Hall–Kier alpha value is -2.43. The van der Waals surface area contributed by atoms with Gasteiger partial charge in [0.1, 0.15) is 5.40 Å². The molecule has 28 heavy (non-hydrogen) atoms. The molecule has 0 aliphatic carbocycles. The Labute approximate surface area is 174 Å². The number of hydrogen-bond donors (Lipinski definition) is 0. The van der Waals surface area contributed by atoms with Crippen molar-refractivity contribution in [2.75, 3.05) is 11.4 Å². The summed E-state index contributed by atoms with van der Waals surface area (Å²) in [6.07, 6.45) is 1.11. The van der Waals surface area contributed by atoms with Gasteiger partial charge in [0, 0.05) is 23.2 Å². The summed E-state index contributed by atoms with van der Waals surface area (Å²) in [6, 6.07) is 12.6. The van der Waals surface area contributed by atoms with Gasteiger partial charge in [-0.1, -0.05) is 18.3 Å². The van der Waals surface area contributed by atoms with Crippen molar-refractivity contribution in [2.45, 2.75) is 45.1 Å². The number of thiazole rings is 1. The van der Waals surface area contributed by atoms with Gasteiger partial charge in [-0.3, -0.25) is 0 Å². The molecule has 1 unspecified atom stereocenters. The molecule has 0 aliphatic heterocycles. The van der Waals surface area contributed by atoms with Gasteiger partial charge in [-0.2, -0.15) is 5.26 Å². The van der Waals surface area contributed by atoms with Crippen LogP contribution in [-0.2, 0) is 0 Å². The van der Waals surface area contributed by atoms with E-state index in [2.05, 4.69) is 65.3 Å². The van der Waals surface area contributed by atoms with Crippen LogP contribution in [0, 0.1) is 17.6 Å². The number of thioether (sulfide) groups is 1. The second-order valence-corrected chi connectivity index (χ2v) is 8.40. The Morgan fingerprint density at radius 2 is 2.04 bits per heavy atom. The van der Waals surface area contributed by atoms with Crippen molar-refractivity contribution in [3.63, 3.8) is 0 Å². The molecule has 5 nitrogen and oxygen atoms in total. The number of rotatable bonds is 7. The summed E-state index contributed by atoms with van der Waals surface area (Å²) in [5.74, 6) is 0. The Balaban J connectivity index is 1.82. The minimum atomic E-state index is 0.503. The highest BCUT2D eigenvalue weighted by atomic mass is 32.2. The zero-order valence-corrected chi connectivity index (χ0v) is 18.1. The van der Waals surface area contributed by atoms with E-state index < -0.39 is 0 Å². The molecule has 0 saturated carbocycles. The van der Waals surface area contributed by atoms with Crippen molar-refractivity contribution in [2.24, 2.45) is 10.2 Å². The van der Waals surface area contributed by atoms with Gasteiger partial charge in [0.25, 0.3) is 0 Å². The second-order valence-electron chi connectivity index (χ2n) is 6.53. The fraction of sp³-hybridized carbons (Fsp3) is 0.333. The minimum absolute atomic E-state index is 0.503. The maximum atomic E-state index is 8.81. The lowest BCUT2D eigenvalue weighted by molar-refractivity contribution is 0.630. The fourth-order valence-electron chi connectivity index (χ4n) is 3.05. The predicted octanol–water partition coefficient (Wildman–Crippen LogP) is 7.22. The Morgan fingerprint density at radius 1 is 1.21 bits per heavy atom. The highest BCUT2D eigenvalue weighted by Crippen LogP contribution is 2.33. The van der Waals surface area contributed by atoms with E-state index in [0.717, 1.165) is 51.1 Å². The van der Waals surface area contributed by atoms with Crippen molar-refractivity contribution < 1.29 is 0 Å². The first-order valence-electron chi connectivity index (χ1n) is 9.31. The maximum Gasteiger partial charge on any atom is 0.231 e. The molecule has 0 bridgehead atoms. The zero-order valence-electron chi connectivity index (χ0n) is 16.5. The normalized spacial score (nSPS) is 12.4. The third-order valence-electron chi connectivity index (χ3n) is 4.73. The van der Waals surface area contributed by atoms with Crippen LogP contribution in [0.4, 0.5) is 16.5 Å². The smallest absolute Gasteiger partial charge is 0.231 e. The van der Waals surface area contributed by atoms with Gasteiger partial charge in [0.15, 0.2) is 0 Å². The number of nitrogens with zero attached hydrogens (tertiary/aromatic N) is 5. The molecule has 1 atom stereocenters. The molecule has 3 aromatic rings. The Kier molecular flexibility index (Phi) is 6.65. The van der Waals surface area contributed by atoms with Crippen LogP contribution in [0.5, 0.6) is 0 Å². The molecule has 0 amide bonds. The summed E-state index contributed by atoms with van der Waals surface area (Å²) in [5, 5.41) is 20.3. The van der Waals surface area contributed by atoms with Gasteiger partial charge in [-0.15, -0.1) is 10.2 Å². The summed E-state index contributed by atoms with van der Waals surface area (Å²) in [6.45, 7) is 9.69. The number of anilines is 1. The summed E-state index contributed by atoms with van der Waals surface area (Å²) in [4.78, 5) is 7.82. The van der Waals surface area contributed by atoms with E-state index in [1.807, 2.05) is 24.3 Å². The quantitative estimate of drug-likeness (QED) is 0.235. The molecule has 144 valence electrons. The first-order chi connectivity index (χ1) is 13.5. The molecule has 1 aromatic heterocycles. The molecule has 2 aromatic carbocycles. The number of hydrogen-bond acceptors (Lipinski definition) is 7. The number of aromatic nitrogens is 1. The van der Waals surface area contributed by atoms with Crippen LogP contribution in [0.3, 0.4) is 0 Å². The predicted molar refractivity (Wildman–Crippen MR) is 119 cm³/mol. The molecule has 0 fully saturated rings. The van der Waals surface area contributed by atoms with Crippen molar-refractivity contribution in [1.29, 1.82) is 5.26 Å². The van der Waals surface area contributed by atoms with E-state index in [4.69, 9.17) is 5.26 Å². The lowest BCUT2D eigenvalue weighted by Crippen LogP contribution is -2.32. The Morgan fingerprint density at radius 3 is 2.71 bits per heavy atom. The molecule has 0 saturated heterocycles. The fourth-order valence-corrected chi connectivity index (χ4v) is 4.37. The third-order valence-corrected chi connectivity index (χ3v) is 6.21. The van der Waals surface area contributed by atoms with Gasteiger partial charge in [0.2, 0.25) is 5.13 Å². The number of azo groups is 1. The first-order valence-corrected chi connectivity index (χ1v) is 10.9. The van der Waals surface area contributed by atoms with Gasteiger partial charge < -0.3 is 4.90 Å². The molecule has 1 heterocycles. The van der Waals surface area contributed by atoms with Crippen molar-refractivity contribution in [3.8, 4) is 5.40 Å². The number of benzene rings is 2. The standard InChI is InChI=1S/C21H23N5S2/c1-5-15(4)26(6-2)16-7-9-18(14(3)11-16)24-25-21-23-19-10-8-17(27-13-22)12-20(19)28-21/h7-12,15H,5-6H2,1-4H3/b25-24+. The Bertz CT molecular complexity index is 1030. The van der Waals surface area contributed by atoms with Crippen LogP contribution in [0.2, 0.25) is 0 Å². The van der Waals surface area contributed by atoms with Gasteiger partial charge in [0.05, 0.1) is 15.9 Å². The van der Waals surface area contributed by atoms with Crippen LogP contribution in [-0.4, -0.2) is 17.6 Å². The minimum Gasteiger partial charge on any atom is -0.369 e. The zero-order chi connectivity index (χ0) is 20.1. The van der Waals surface area contributed by atoms with Crippen molar-refractivity contribution in [3.05, 3.63) is 42.0 Å². The number of nitriles is 1. The van der Waals surface area contributed by atoms with Crippen LogP contribution in [0.25, 0.3) is 10.2 Å². The van der Waals surface area contributed by atoms with E-state index in [-0.39, 0.29) is 0 Å². The lowest BCUT2D eigenvalue weighted by atomic mass is 10.1. The third kappa shape index (κ3) is 4.51. The van der Waals surface area contributed by atoms with E-state index in [9.17, 15) is 0 Å². The number of fused-ring (bicyclic) bond motifs is 1. The van der Waals surface area contributed by atoms with E-state index >= 15 is 0 Å². The molecule has 0 aliphatic rings. The highest BCUT2D eigenvalue weighted by molar-refractivity contribution is 8.03. The summed E-state index contributed by atoms with van der Waals surface area (Å²) >= 11 is 2.63. The topological polar surface area (TPSA) is 64.6 Å². The van der Waals surface area contributed by atoms with Crippen LogP contribution in [0.15, 0.2) is 51.5 Å². The van der Waals surface area contributed by atoms with E-state index in [1.165, 1.54) is 17.0 Å². The SMILES string of the molecule is CCC(C)N(CC)c1ccc(/N=N/c2nc3ccc(SC#N)cc3s2)c(C)c1. The van der Waals surface area contributed by atoms with Crippen LogP contribution >= 0.6 is 23.1 Å². The van der Waals surface area contributed by atoms with Crippen LogP contribution in [0.1, 0.15) is 32.8 Å². The summed E-state index contributed by atoms with van der Waals surface area (Å²) in [5.41, 5.74) is 4.04. The highest BCUT2D eigenvalue weighted by Gasteiger charge is 2.12. The van der Waals surface area contributed by atoms with Gasteiger partial charge in [-0.25, -0.2) is 4.98 Å². The molecule has 0 N–H and O–H groups in total. The lowest BCUT2D eigenvalue weighted by Gasteiger charge is -2.29. The second kappa shape index (κ2) is 9.18. The average molecular weight is 410 g/mol. The summed E-state index contributed by atoms with van der Waals surface area (Å²) < 4.78 is 1.01. The molecule has 3 rings (SSSR count). The molecule has 0 radical (unpaired) electrons. The number of thiocyanates is 1. The average Bonchev–Trinajstić information content (AvgIpc) is 3.10. The van der Waals surface area contributed by atoms with Gasteiger partial charge in [-0.05, 0) is 80.9 Å². The van der Waals surface area contributed by atoms with E-state index in [0.29, 0.717) is 11.2 Å². The van der Waals surface area contributed by atoms with Crippen molar-refractivity contribution >= 4 is 49.8 Å². The van der Waals surface area contributed by atoms with Crippen molar-refractivity contribution in [1.82, 2.24) is 4.98 Å². The van der Waals surface area contributed by atoms with E-state index in [1.54, 1.807) is 0 Å². The monoisotopic (exact) mass is 409 g/mol. The maximum absolute atomic E-state index is 8.81. The van der Waals surface area contributed by atoms with Gasteiger partial charge >= 0.3 is 0 Å². The number of aryl methyl sites for hydroxylation is 1. The molecular weight excluding hydrogens is 386 g/mol. The summed E-state index contributed by atoms with van der Waals surface area (Å²) in [7, 11) is 0. The molecule has 7 heteroatoms. The van der Waals surface area contributed by atoms with Crippen LogP contribution < -0.4 is 4.90 Å². The molecular formula is C21H23N5S2. The first kappa shape index (κ1) is 20.3.